The highest BCUT2D eigenvalue weighted by Crippen LogP contribution is 2.47. The van der Waals surface area contributed by atoms with Crippen molar-refractivity contribution in [1.82, 2.24) is 5.32 Å². The Hall–Kier alpha value is -0.930. The average molecular weight is 237 g/mol. The number of benzene rings is 1. The molecule has 0 spiro atoms. The van der Waals surface area contributed by atoms with E-state index in [2.05, 4.69) is 12.2 Å². The smallest absolute Gasteiger partial charge is 0.123 e. The molecule has 0 heterocycles. The Bertz CT molecular complexity index is 376. The van der Waals surface area contributed by atoms with E-state index in [-0.39, 0.29) is 5.82 Å². The summed E-state index contributed by atoms with van der Waals surface area (Å²) in [7, 11) is 0. The van der Waals surface area contributed by atoms with Gasteiger partial charge in [-0.25, -0.2) is 4.39 Å². The Morgan fingerprint density at radius 3 is 2.82 bits per heavy atom. The molecule has 94 valence electrons. The molecule has 0 aliphatic heterocycles. The molecule has 1 aliphatic rings. The maximum atomic E-state index is 13.0. The van der Waals surface area contributed by atoms with Crippen LogP contribution in [0.25, 0.3) is 0 Å². The molecule has 3 heteroatoms. The van der Waals surface area contributed by atoms with Crippen molar-refractivity contribution in [2.75, 3.05) is 13.1 Å². The summed E-state index contributed by atoms with van der Waals surface area (Å²) in [5.74, 6) is -0.297. The second-order valence-corrected chi connectivity index (χ2v) is 5.06. The molecule has 1 aromatic rings. The molecule has 1 atom stereocenters. The van der Waals surface area contributed by atoms with E-state index in [0.717, 1.165) is 6.54 Å². The highest BCUT2D eigenvalue weighted by molar-refractivity contribution is 5.19. The second kappa shape index (κ2) is 5.15. The van der Waals surface area contributed by atoms with Crippen LogP contribution in [0.1, 0.15) is 37.9 Å². The van der Waals surface area contributed by atoms with E-state index in [1.165, 1.54) is 31.4 Å². The first-order valence-corrected chi connectivity index (χ1v) is 6.29. The third kappa shape index (κ3) is 3.27. The summed E-state index contributed by atoms with van der Waals surface area (Å²) in [5.41, 5.74) is 1.11. The molecular formula is C14H20FNO. The predicted octanol–water partition coefficient (Wildman–Crippen LogP) is 2.64. The molecular weight excluding hydrogens is 217 g/mol. The standard InChI is InChI=1S/C14H20FNO/c1-2-14(6-7-14)10-16-9-13(17)11-4-3-5-12(15)8-11/h3-5,8,13,16-17H,2,6-7,9-10H2,1H3. The number of hydrogen-bond donors (Lipinski definition) is 2. The number of nitrogens with one attached hydrogen (secondary N) is 1. The lowest BCUT2D eigenvalue weighted by molar-refractivity contribution is 0.171. The average Bonchev–Trinajstić information content (AvgIpc) is 3.10. The molecule has 0 aromatic heterocycles. The van der Waals surface area contributed by atoms with Gasteiger partial charge in [0.25, 0.3) is 0 Å². The number of aliphatic hydroxyl groups excluding tert-OH is 1. The first-order chi connectivity index (χ1) is 8.15. The van der Waals surface area contributed by atoms with Crippen molar-refractivity contribution in [3.8, 4) is 0 Å². The van der Waals surface area contributed by atoms with Gasteiger partial charge >= 0.3 is 0 Å². The van der Waals surface area contributed by atoms with Crippen molar-refractivity contribution in [1.29, 1.82) is 0 Å². The third-order valence-corrected chi connectivity index (χ3v) is 3.78. The number of hydrogen-bond acceptors (Lipinski definition) is 2. The Balaban J connectivity index is 1.79. The monoisotopic (exact) mass is 237 g/mol. The van der Waals surface area contributed by atoms with Gasteiger partial charge in [0.2, 0.25) is 0 Å². The first-order valence-electron chi connectivity index (χ1n) is 6.29. The maximum absolute atomic E-state index is 13.0. The highest BCUT2D eigenvalue weighted by atomic mass is 19.1. The zero-order valence-electron chi connectivity index (χ0n) is 10.2. The Kier molecular flexibility index (Phi) is 3.79. The SMILES string of the molecule is CCC1(CNCC(O)c2cccc(F)c2)CC1. The Labute approximate surface area is 102 Å². The molecule has 0 saturated heterocycles. The fourth-order valence-corrected chi connectivity index (χ4v) is 2.14. The second-order valence-electron chi connectivity index (χ2n) is 5.06. The van der Waals surface area contributed by atoms with E-state index >= 15 is 0 Å². The van der Waals surface area contributed by atoms with Crippen molar-refractivity contribution in [2.45, 2.75) is 32.3 Å². The molecule has 17 heavy (non-hydrogen) atoms. The highest BCUT2D eigenvalue weighted by Gasteiger charge is 2.39. The van der Waals surface area contributed by atoms with E-state index in [9.17, 15) is 9.50 Å². The maximum Gasteiger partial charge on any atom is 0.123 e. The van der Waals surface area contributed by atoms with Crippen LogP contribution in [0.5, 0.6) is 0 Å². The van der Waals surface area contributed by atoms with Gasteiger partial charge in [0.1, 0.15) is 5.82 Å². The van der Waals surface area contributed by atoms with Crippen LogP contribution in [0.15, 0.2) is 24.3 Å². The molecule has 0 amide bonds. The van der Waals surface area contributed by atoms with Gasteiger partial charge in [-0.15, -0.1) is 0 Å². The molecule has 1 aliphatic carbocycles. The van der Waals surface area contributed by atoms with Crippen LogP contribution < -0.4 is 5.32 Å². The van der Waals surface area contributed by atoms with Gasteiger partial charge in [-0.2, -0.15) is 0 Å². The number of rotatable bonds is 6. The van der Waals surface area contributed by atoms with Crippen LogP contribution in [0, 0.1) is 11.2 Å². The van der Waals surface area contributed by atoms with Crippen molar-refractivity contribution in [2.24, 2.45) is 5.41 Å². The van der Waals surface area contributed by atoms with E-state index in [1.807, 2.05) is 0 Å². The van der Waals surface area contributed by atoms with Crippen molar-refractivity contribution < 1.29 is 9.50 Å². The van der Waals surface area contributed by atoms with Gasteiger partial charge in [-0.3, -0.25) is 0 Å². The van der Waals surface area contributed by atoms with Gasteiger partial charge in [-0.05, 0) is 42.4 Å². The molecule has 1 aromatic carbocycles. The lowest BCUT2D eigenvalue weighted by Crippen LogP contribution is -2.28. The minimum Gasteiger partial charge on any atom is -0.387 e. The van der Waals surface area contributed by atoms with Crippen LogP contribution in [0.4, 0.5) is 4.39 Å². The van der Waals surface area contributed by atoms with Crippen molar-refractivity contribution >= 4 is 0 Å². The normalized spacial score (nSPS) is 19.0. The number of aliphatic hydroxyl groups is 1. The molecule has 1 fully saturated rings. The molecule has 2 nitrogen and oxygen atoms in total. The number of halogens is 1. The topological polar surface area (TPSA) is 32.3 Å². The lowest BCUT2D eigenvalue weighted by atomic mass is 10.0. The van der Waals surface area contributed by atoms with Gasteiger partial charge in [0.15, 0.2) is 0 Å². The fourth-order valence-electron chi connectivity index (χ4n) is 2.14. The lowest BCUT2D eigenvalue weighted by Gasteiger charge is -2.16. The van der Waals surface area contributed by atoms with E-state index in [0.29, 0.717) is 17.5 Å². The minimum absolute atomic E-state index is 0.297. The molecule has 2 rings (SSSR count). The Morgan fingerprint density at radius 2 is 2.24 bits per heavy atom. The van der Waals surface area contributed by atoms with E-state index in [4.69, 9.17) is 0 Å². The summed E-state index contributed by atoms with van der Waals surface area (Å²) < 4.78 is 13.0. The van der Waals surface area contributed by atoms with Crippen molar-refractivity contribution in [3.05, 3.63) is 35.6 Å². The summed E-state index contributed by atoms with van der Waals surface area (Å²) in [6.07, 6.45) is 3.13. The van der Waals surface area contributed by atoms with E-state index in [1.54, 1.807) is 12.1 Å². The van der Waals surface area contributed by atoms with Gasteiger partial charge in [0.05, 0.1) is 6.10 Å². The van der Waals surface area contributed by atoms with Crippen molar-refractivity contribution in [3.63, 3.8) is 0 Å². The molecule has 0 radical (unpaired) electrons. The predicted molar refractivity (Wildman–Crippen MR) is 66.2 cm³/mol. The summed E-state index contributed by atoms with van der Waals surface area (Å²) in [6.45, 7) is 3.65. The summed E-state index contributed by atoms with van der Waals surface area (Å²) in [4.78, 5) is 0. The van der Waals surface area contributed by atoms with Crippen LogP contribution >= 0.6 is 0 Å². The van der Waals surface area contributed by atoms with E-state index < -0.39 is 6.10 Å². The van der Waals surface area contributed by atoms with Crippen LogP contribution in [-0.4, -0.2) is 18.2 Å². The third-order valence-electron chi connectivity index (χ3n) is 3.78. The zero-order chi connectivity index (χ0) is 12.3. The molecule has 2 N–H and O–H groups in total. The fraction of sp³-hybridized carbons (Fsp3) is 0.571. The van der Waals surface area contributed by atoms with Crippen LogP contribution in [0.2, 0.25) is 0 Å². The first kappa shape index (κ1) is 12.5. The van der Waals surface area contributed by atoms with Crippen LogP contribution in [0.3, 0.4) is 0 Å². The molecule has 1 saturated carbocycles. The van der Waals surface area contributed by atoms with Crippen LogP contribution in [-0.2, 0) is 0 Å². The quantitative estimate of drug-likeness (QED) is 0.797. The zero-order valence-corrected chi connectivity index (χ0v) is 10.2. The molecule has 1 unspecified atom stereocenters. The summed E-state index contributed by atoms with van der Waals surface area (Å²) >= 11 is 0. The summed E-state index contributed by atoms with van der Waals surface area (Å²) in [6, 6.07) is 6.16. The Morgan fingerprint density at radius 1 is 1.47 bits per heavy atom. The summed E-state index contributed by atoms with van der Waals surface area (Å²) in [5, 5.41) is 13.2. The van der Waals surface area contributed by atoms with Gasteiger partial charge < -0.3 is 10.4 Å². The van der Waals surface area contributed by atoms with Gasteiger partial charge in [0, 0.05) is 13.1 Å². The molecule has 0 bridgehead atoms. The van der Waals surface area contributed by atoms with Gasteiger partial charge in [-0.1, -0.05) is 19.1 Å². The largest absolute Gasteiger partial charge is 0.387 e. The minimum atomic E-state index is -0.627.